The first-order valence-corrected chi connectivity index (χ1v) is 9.68. The average molecular weight is 366 g/mol. The molecule has 2 bridgehead atoms. The Morgan fingerprint density at radius 1 is 1.11 bits per heavy atom. The van der Waals surface area contributed by atoms with Crippen molar-refractivity contribution in [1.82, 2.24) is 20.0 Å². The van der Waals surface area contributed by atoms with Gasteiger partial charge in [-0.15, -0.1) is 0 Å². The van der Waals surface area contributed by atoms with Gasteiger partial charge in [-0.05, 0) is 37.2 Å². The molecule has 1 N–H and O–H groups in total. The number of carbonyl (C=O) groups is 2. The molecule has 4 heterocycles. The Bertz CT molecular complexity index is 985. The number of hydrogen-bond acceptors (Lipinski definition) is 4. The summed E-state index contributed by atoms with van der Waals surface area (Å²) < 4.78 is 0. The minimum atomic E-state index is -0.283. The molecule has 3 atom stereocenters. The van der Waals surface area contributed by atoms with E-state index in [2.05, 4.69) is 15.1 Å². The smallest absolute Gasteiger partial charge is 0.274 e. The lowest BCUT2D eigenvalue weighted by Gasteiger charge is -2.52. The molecule has 3 aliphatic heterocycles. The van der Waals surface area contributed by atoms with Gasteiger partial charge in [-0.25, -0.2) is 5.10 Å². The summed E-state index contributed by atoms with van der Waals surface area (Å²) in [5.41, 5.74) is 0.0239. The number of likely N-dealkylation sites (tertiary alicyclic amines) is 1. The molecule has 7 nitrogen and oxygen atoms in total. The zero-order valence-electron chi connectivity index (χ0n) is 15.1. The first-order chi connectivity index (χ1) is 13.1. The van der Waals surface area contributed by atoms with E-state index in [9.17, 15) is 14.4 Å². The van der Waals surface area contributed by atoms with Crippen molar-refractivity contribution in [2.45, 2.75) is 31.7 Å². The van der Waals surface area contributed by atoms with Gasteiger partial charge in [0.25, 0.3) is 11.5 Å². The van der Waals surface area contributed by atoms with Crippen molar-refractivity contribution in [3.63, 3.8) is 0 Å². The molecule has 3 fully saturated rings. The molecule has 1 aromatic heterocycles. The summed E-state index contributed by atoms with van der Waals surface area (Å²) in [5, 5.41) is 7.61. The molecule has 0 saturated carbocycles. The summed E-state index contributed by atoms with van der Waals surface area (Å²) in [7, 11) is 0. The van der Waals surface area contributed by atoms with Gasteiger partial charge < -0.3 is 9.80 Å². The van der Waals surface area contributed by atoms with Crippen molar-refractivity contribution in [3.05, 3.63) is 40.3 Å². The normalized spacial score (nSPS) is 27.6. The molecule has 1 aromatic carbocycles. The highest BCUT2D eigenvalue weighted by atomic mass is 16.2. The standard InChI is InChI=1S/C20H22N4O3/c25-17-7-3-6-16-13-8-12(10-24(16)17)9-23(11-13)20(27)18-14-4-1-2-5-15(14)19(26)22-21-18/h1-2,4-5,12-13,16H,3,6-11H2,(H,22,26)/t12-,13-,16-/m1/s1. The number of H-pyrrole nitrogens is 1. The molecule has 3 aliphatic rings. The Kier molecular flexibility index (Phi) is 3.77. The van der Waals surface area contributed by atoms with Crippen LogP contribution in [0.2, 0.25) is 0 Å². The number of fused-ring (bicyclic) bond motifs is 5. The van der Waals surface area contributed by atoms with Crippen molar-refractivity contribution in [1.29, 1.82) is 0 Å². The minimum absolute atomic E-state index is 0.132. The molecular weight excluding hydrogens is 344 g/mol. The number of nitrogens with one attached hydrogen (secondary N) is 1. The van der Waals surface area contributed by atoms with Crippen LogP contribution >= 0.6 is 0 Å². The monoisotopic (exact) mass is 366 g/mol. The van der Waals surface area contributed by atoms with Crippen molar-refractivity contribution in [2.24, 2.45) is 11.8 Å². The number of nitrogens with zero attached hydrogens (tertiary/aromatic N) is 3. The van der Waals surface area contributed by atoms with Crippen LogP contribution < -0.4 is 5.56 Å². The Hall–Kier alpha value is -2.70. The molecule has 5 rings (SSSR count). The van der Waals surface area contributed by atoms with E-state index in [4.69, 9.17) is 0 Å². The molecule has 3 saturated heterocycles. The predicted octanol–water partition coefficient (Wildman–Crippen LogP) is 1.40. The van der Waals surface area contributed by atoms with E-state index in [-0.39, 0.29) is 23.4 Å². The Labute approximate surface area is 156 Å². The second kappa shape index (κ2) is 6.18. The van der Waals surface area contributed by atoms with E-state index >= 15 is 0 Å². The second-order valence-corrected chi connectivity index (χ2v) is 8.02. The van der Waals surface area contributed by atoms with Gasteiger partial charge in [0.2, 0.25) is 5.91 Å². The summed E-state index contributed by atoms with van der Waals surface area (Å²) in [6.45, 7) is 2.05. The molecule has 0 unspecified atom stereocenters. The number of aromatic nitrogens is 2. The van der Waals surface area contributed by atoms with E-state index in [0.717, 1.165) is 25.8 Å². The third-order valence-corrected chi connectivity index (χ3v) is 6.37. The first kappa shape index (κ1) is 16.5. The Morgan fingerprint density at radius 3 is 2.78 bits per heavy atom. The third kappa shape index (κ3) is 2.64. The number of rotatable bonds is 1. The lowest BCUT2D eigenvalue weighted by Crippen LogP contribution is -2.61. The predicted molar refractivity (Wildman–Crippen MR) is 99.2 cm³/mol. The van der Waals surface area contributed by atoms with Crippen LogP contribution in [0.3, 0.4) is 0 Å². The third-order valence-electron chi connectivity index (χ3n) is 6.37. The summed E-state index contributed by atoms with van der Waals surface area (Å²) in [5.74, 6) is 0.793. The molecule has 2 amide bonds. The summed E-state index contributed by atoms with van der Waals surface area (Å²) in [6, 6.07) is 7.35. The zero-order valence-corrected chi connectivity index (χ0v) is 15.1. The van der Waals surface area contributed by atoms with Gasteiger partial charge in [-0.2, -0.15) is 5.10 Å². The highest BCUT2D eigenvalue weighted by molar-refractivity contribution is 6.04. The maximum atomic E-state index is 13.2. The molecule has 0 spiro atoms. The number of aromatic amines is 1. The molecular formula is C20H22N4O3. The van der Waals surface area contributed by atoms with Gasteiger partial charge in [0.15, 0.2) is 5.69 Å². The lowest BCUT2D eigenvalue weighted by molar-refractivity contribution is -0.144. The van der Waals surface area contributed by atoms with E-state index < -0.39 is 0 Å². The topological polar surface area (TPSA) is 86.4 Å². The van der Waals surface area contributed by atoms with Crippen LogP contribution in [0.25, 0.3) is 10.8 Å². The molecule has 27 heavy (non-hydrogen) atoms. The van der Waals surface area contributed by atoms with E-state index in [0.29, 0.717) is 47.8 Å². The highest BCUT2D eigenvalue weighted by Crippen LogP contribution is 2.38. The Balaban J connectivity index is 1.45. The van der Waals surface area contributed by atoms with Gasteiger partial charge in [-0.3, -0.25) is 14.4 Å². The fraction of sp³-hybridized carbons (Fsp3) is 0.500. The van der Waals surface area contributed by atoms with E-state index in [1.807, 2.05) is 11.0 Å². The average Bonchev–Trinajstić information content (AvgIpc) is 2.69. The fourth-order valence-corrected chi connectivity index (χ4v) is 5.20. The summed E-state index contributed by atoms with van der Waals surface area (Å²) >= 11 is 0. The second-order valence-electron chi connectivity index (χ2n) is 8.02. The van der Waals surface area contributed by atoms with Gasteiger partial charge in [0.1, 0.15) is 0 Å². The zero-order chi connectivity index (χ0) is 18.5. The van der Waals surface area contributed by atoms with Gasteiger partial charge in [0.05, 0.1) is 5.39 Å². The summed E-state index contributed by atoms with van der Waals surface area (Å²) in [6.07, 6.45) is 3.72. The van der Waals surface area contributed by atoms with Crippen LogP contribution in [0.15, 0.2) is 29.1 Å². The van der Waals surface area contributed by atoms with Crippen molar-refractivity contribution < 1.29 is 9.59 Å². The van der Waals surface area contributed by atoms with Crippen molar-refractivity contribution >= 4 is 22.6 Å². The Morgan fingerprint density at radius 2 is 1.93 bits per heavy atom. The first-order valence-electron chi connectivity index (χ1n) is 9.68. The van der Waals surface area contributed by atoms with Gasteiger partial charge in [-0.1, -0.05) is 18.2 Å². The summed E-state index contributed by atoms with van der Waals surface area (Å²) in [4.78, 5) is 41.5. The highest BCUT2D eigenvalue weighted by Gasteiger charge is 2.45. The molecule has 0 radical (unpaired) electrons. The minimum Gasteiger partial charge on any atom is -0.339 e. The van der Waals surface area contributed by atoms with Crippen LogP contribution in [-0.2, 0) is 4.79 Å². The van der Waals surface area contributed by atoms with Gasteiger partial charge in [0, 0.05) is 37.5 Å². The molecule has 2 aromatic rings. The number of piperidine rings is 3. The largest absolute Gasteiger partial charge is 0.339 e. The quantitative estimate of drug-likeness (QED) is 0.826. The van der Waals surface area contributed by atoms with Crippen LogP contribution in [0.5, 0.6) is 0 Å². The SMILES string of the molecule is O=C(c1n[nH]c(=O)c2ccccc12)N1C[C@H]2C[C@H](C1)[C@H]1CCCC(=O)N1C2. The van der Waals surface area contributed by atoms with E-state index in [1.165, 1.54) is 0 Å². The van der Waals surface area contributed by atoms with Crippen LogP contribution in [0.4, 0.5) is 0 Å². The lowest BCUT2D eigenvalue weighted by atomic mass is 9.76. The number of hydrogen-bond donors (Lipinski definition) is 1. The van der Waals surface area contributed by atoms with Crippen molar-refractivity contribution in [3.8, 4) is 0 Å². The molecule has 0 aliphatic carbocycles. The van der Waals surface area contributed by atoms with Crippen LogP contribution in [0.1, 0.15) is 36.2 Å². The van der Waals surface area contributed by atoms with Crippen LogP contribution in [-0.4, -0.2) is 57.5 Å². The molecule has 7 heteroatoms. The number of benzene rings is 1. The van der Waals surface area contributed by atoms with Crippen molar-refractivity contribution in [2.75, 3.05) is 19.6 Å². The van der Waals surface area contributed by atoms with E-state index in [1.54, 1.807) is 18.2 Å². The fourth-order valence-electron chi connectivity index (χ4n) is 5.20. The maximum absolute atomic E-state index is 13.2. The van der Waals surface area contributed by atoms with Crippen LogP contribution in [0, 0.1) is 11.8 Å². The maximum Gasteiger partial charge on any atom is 0.274 e. The number of amides is 2. The number of carbonyl (C=O) groups excluding carboxylic acids is 2. The molecule has 140 valence electrons. The van der Waals surface area contributed by atoms with Gasteiger partial charge >= 0.3 is 0 Å².